The zero-order valence-electron chi connectivity index (χ0n) is 13.9. The molecular weight excluding hydrogens is 292 g/mol. The third-order valence-electron chi connectivity index (χ3n) is 3.43. The number of hydrogen-bond donors (Lipinski definition) is 1. The van der Waals surface area contributed by atoms with Crippen molar-refractivity contribution in [3.05, 3.63) is 53.3 Å². The van der Waals surface area contributed by atoms with Crippen LogP contribution in [0.1, 0.15) is 34.6 Å². The molecule has 0 aliphatic heterocycles. The lowest BCUT2D eigenvalue weighted by atomic mass is 10.1. The molecule has 0 aliphatic carbocycles. The molecule has 1 aromatic carbocycles. The molecule has 0 saturated carbocycles. The molecule has 6 nitrogen and oxygen atoms in total. The van der Waals surface area contributed by atoms with Crippen LogP contribution in [0.4, 0.5) is 5.95 Å². The average Bonchev–Trinajstić information content (AvgIpc) is 2.55. The number of anilines is 1. The Morgan fingerprint density at radius 3 is 2.61 bits per heavy atom. The molecule has 0 spiro atoms. The Balaban J connectivity index is 2.21. The van der Waals surface area contributed by atoms with Crippen molar-refractivity contribution in [3.63, 3.8) is 0 Å². The maximum Gasteiger partial charge on any atom is 0.255 e. The number of benzene rings is 1. The van der Waals surface area contributed by atoms with E-state index in [1.807, 2.05) is 51.4 Å². The number of carbonyl (C=O) groups excluding carboxylic acids is 1. The average molecular weight is 314 g/mol. The predicted octanol–water partition coefficient (Wildman–Crippen LogP) is 2.18. The van der Waals surface area contributed by atoms with Gasteiger partial charge in [0.05, 0.1) is 23.9 Å². The molecule has 1 N–H and O–H groups in total. The Morgan fingerprint density at radius 1 is 1.30 bits per heavy atom. The standard InChI is InChI=1S/C17H22N4O2/c1-12(13-8-6-5-7-9-13)19-16(22)14-10-18-17(21(2)3)20-15(14)11-23-4/h5-10,12H,11H2,1-4H3,(H,19,22)/t12-/m0/s1. The molecule has 0 radical (unpaired) electrons. The van der Waals surface area contributed by atoms with E-state index in [1.54, 1.807) is 18.2 Å². The summed E-state index contributed by atoms with van der Waals surface area (Å²) in [5.41, 5.74) is 2.05. The van der Waals surface area contributed by atoms with Gasteiger partial charge in [-0.2, -0.15) is 0 Å². The summed E-state index contributed by atoms with van der Waals surface area (Å²) in [6.07, 6.45) is 1.55. The van der Waals surface area contributed by atoms with Crippen molar-refractivity contribution in [3.8, 4) is 0 Å². The van der Waals surface area contributed by atoms with E-state index in [1.165, 1.54) is 0 Å². The van der Waals surface area contributed by atoms with Crippen molar-refractivity contribution < 1.29 is 9.53 Å². The topological polar surface area (TPSA) is 67.3 Å². The Morgan fingerprint density at radius 2 is 2.00 bits per heavy atom. The summed E-state index contributed by atoms with van der Waals surface area (Å²) in [4.78, 5) is 22.9. The molecule has 0 unspecified atom stereocenters. The first-order chi connectivity index (χ1) is 11.0. The molecule has 0 bridgehead atoms. The van der Waals surface area contributed by atoms with Crippen LogP contribution in [0.3, 0.4) is 0 Å². The SMILES string of the molecule is COCc1nc(N(C)C)ncc1C(=O)N[C@@H](C)c1ccccc1. The molecule has 6 heteroatoms. The molecule has 2 rings (SSSR count). The van der Waals surface area contributed by atoms with Gasteiger partial charge in [0.2, 0.25) is 5.95 Å². The zero-order valence-corrected chi connectivity index (χ0v) is 13.9. The number of nitrogens with zero attached hydrogens (tertiary/aromatic N) is 3. The summed E-state index contributed by atoms with van der Waals surface area (Å²) in [5, 5.41) is 2.97. The van der Waals surface area contributed by atoms with Crippen molar-refractivity contribution in [1.29, 1.82) is 0 Å². The van der Waals surface area contributed by atoms with Crippen molar-refractivity contribution in [1.82, 2.24) is 15.3 Å². The van der Waals surface area contributed by atoms with Crippen LogP contribution in [-0.2, 0) is 11.3 Å². The maximum atomic E-state index is 12.5. The third-order valence-corrected chi connectivity index (χ3v) is 3.43. The first-order valence-corrected chi connectivity index (χ1v) is 7.41. The number of ether oxygens (including phenoxy) is 1. The fraction of sp³-hybridized carbons (Fsp3) is 0.353. The summed E-state index contributed by atoms with van der Waals surface area (Å²) in [5.74, 6) is 0.336. The number of amides is 1. The van der Waals surface area contributed by atoms with Crippen LogP contribution < -0.4 is 10.2 Å². The molecule has 0 saturated heterocycles. The summed E-state index contributed by atoms with van der Waals surface area (Å²) in [7, 11) is 5.28. The predicted molar refractivity (Wildman–Crippen MR) is 89.4 cm³/mol. The minimum absolute atomic E-state index is 0.104. The molecule has 122 valence electrons. The highest BCUT2D eigenvalue weighted by Crippen LogP contribution is 2.15. The van der Waals surface area contributed by atoms with Gasteiger partial charge in [-0.1, -0.05) is 30.3 Å². The summed E-state index contributed by atoms with van der Waals surface area (Å²) in [6.45, 7) is 2.20. The van der Waals surface area contributed by atoms with Crippen molar-refractivity contribution >= 4 is 11.9 Å². The molecule has 1 atom stereocenters. The second kappa shape index (κ2) is 7.69. The van der Waals surface area contributed by atoms with E-state index in [9.17, 15) is 4.79 Å². The van der Waals surface area contributed by atoms with E-state index < -0.39 is 0 Å². The van der Waals surface area contributed by atoms with Crippen LogP contribution in [0.25, 0.3) is 0 Å². The van der Waals surface area contributed by atoms with Gasteiger partial charge < -0.3 is 15.0 Å². The zero-order chi connectivity index (χ0) is 16.8. The lowest BCUT2D eigenvalue weighted by molar-refractivity contribution is 0.0933. The summed E-state index contributed by atoms with van der Waals surface area (Å²) in [6, 6.07) is 9.70. The fourth-order valence-electron chi connectivity index (χ4n) is 2.16. The van der Waals surface area contributed by atoms with Gasteiger partial charge in [-0.3, -0.25) is 4.79 Å². The van der Waals surface area contributed by atoms with Gasteiger partial charge in [-0.15, -0.1) is 0 Å². The Bertz CT molecular complexity index is 659. The number of hydrogen-bond acceptors (Lipinski definition) is 5. The van der Waals surface area contributed by atoms with Gasteiger partial charge >= 0.3 is 0 Å². The van der Waals surface area contributed by atoms with E-state index in [-0.39, 0.29) is 18.6 Å². The van der Waals surface area contributed by atoms with Crippen LogP contribution in [0.15, 0.2) is 36.5 Å². The van der Waals surface area contributed by atoms with E-state index in [2.05, 4.69) is 15.3 Å². The summed E-state index contributed by atoms with van der Waals surface area (Å²) >= 11 is 0. The smallest absolute Gasteiger partial charge is 0.255 e. The monoisotopic (exact) mass is 314 g/mol. The largest absolute Gasteiger partial charge is 0.378 e. The Kier molecular flexibility index (Phi) is 5.65. The van der Waals surface area contributed by atoms with Crippen LogP contribution in [0, 0.1) is 0 Å². The lowest BCUT2D eigenvalue weighted by Gasteiger charge is -2.17. The molecule has 0 aliphatic rings. The summed E-state index contributed by atoms with van der Waals surface area (Å²) < 4.78 is 5.15. The minimum Gasteiger partial charge on any atom is -0.378 e. The fourth-order valence-corrected chi connectivity index (χ4v) is 2.16. The highest BCUT2D eigenvalue weighted by molar-refractivity contribution is 5.95. The number of rotatable bonds is 6. The highest BCUT2D eigenvalue weighted by atomic mass is 16.5. The number of aromatic nitrogens is 2. The van der Waals surface area contributed by atoms with Gasteiger partial charge in [0.25, 0.3) is 5.91 Å². The first-order valence-electron chi connectivity index (χ1n) is 7.41. The number of carbonyl (C=O) groups is 1. The Hall–Kier alpha value is -2.47. The number of methoxy groups -OCH3 is 1. The van der Waals surface area contributed by atoms with Gasteiger partial charge in [-0.25, -0.2) is 9.97 Å². The molecule has 1 amide bonds. The van der Waals surface area contributed by atoms with Crippen LogP contribution in [0.2, 0.25) is 0 Å². The molecule has 1 heterocycles. The van der Waals surface area contributed by atoms with E-state index in [4.69, 9.17) is 4.74 Å². The minimum atomic E-state index is -0.210. The second-order valence-corrected chi connectivity index (χ2v) is 5.46. The van der Waals surface area contributed by atoms with E-state index >= 15 is 0 Å². The van der Waals surface area contributed by atoms with Gasteiger partial charge in [-0.05, 0) is 12.5 Å². The maximum absolute atomic E-state index is 12.5. The molecule has 23 heavy (non-hydrogen) atoms. The van der Waals surface area contributed by atoms with Crippen molar-refractivity contribution in [2.75, 3.05) is 26.1 Å². The van der Waals surface area contributed by atoms with Crippen molar-refractivity contribution in [2.24, 2.45) is 0 Å². The highest BCUT2D eigenvalue weighted by Gasteiger charge is 2.17. The van der Waals surface area contributed by atoms with Crippen LogP contribution in [-0.4, -0.2) is 37.1 Å². The molecule has 2 aromatic rings. The van der Waals surface area contributed by atoms with Gasteiger partial charge in [0.15, 0.2) is 0 Å². The molecule has 1 aromatic heterocycles. The third kappa shape index (κ3) is 4.26. The second-order valence-electron chi connectivity index (χ2n) is 5.46. The van der Waals surface area contributed by atoms with E-state index in [0.717, 1.165) is 5.56 Å². The van der Waals surface area contributed by atoms with Gasteiger partial charge in [0.1, 0.15) is 0 Å². The quantitative estimate of drug-likeness (QED) is 0.885. The number of nitrogens with one attached hydrogen (secondary N) is 1. The molecule has 0 fully saturated rings. The lowest BCUT2D eigenvalue weighted by Crippen LogP contribution is -2.28. The van der Waals surface area contributed by atoms with Crippen LogP contribution >= 0.6 is 0 Å². The van der Waals surface area contributed by atoms with Crippen LogP contribution in [0.5, 0.6) is 0 Å². The normalized spacial score (nSPS) is 11.8. The first kappa shape index (κ1) is 16.9. The van der Waals surface area contributed by atoms with Gasteiger partial charge in [0, 0.05) is 27.4 Å². The van der Waals surface area contributed by atoms with E-state index in [0.29, 0.717) is 17.2 Å². The van der Waals surface area contributed by atoms with Crippen molar-refractivity contribution in [2.45, 2.75) is 19.6 Å². The Labute approximate surface area is 136 Å². The molecular formula is C17H22N4O2.